The molecule has 1 saturated heterocycles. The first kappa shape index (κ1) is 12.6. The van der Waals surface area contributed by atoms with E-state index in [-0.39, 0.29) is 6.04 Å². The molecule has 1 aromatic heterocycles. The van der Waals surface area contributed by atoms with Gasteiger partial charge in [-0.2, -0.15) is 5.10 Å². The lowest BCUT2D eigenvalue weighted by Crippen LogP contribution is -2.43. The molecular weight excluding hydrogens is 212 g/mol. The van der Waals surface area contributed by atoms with Crippen LogP contribution in [0.1, 0.15) is 38.3 Å². The lowest BCUT2D eigenvalue weighted by molar-refractivity contribution is 0.122. The zero-order valence-electron chi connectivity index (χ0n) is 11.1. The van der Waals surface area contributed by atoms with Crippen LogP contribution in [-0.2, 0) is 7.05 Å². The van der Waals surface area contributed by atoms with Crippen molar-refractivity contribution in [2.75, 3.05) is 13.1 Å². The lowest BCUT2D eigenvalue weighted by Gasteiger charge is -2.37. The SMILES string of the molecule is CC1CCN(CC(N)c2cnn(C)c2)C(C)C1. The van der Waals surface area contributed by atoms with Crippen molar-refractivity contribution in [1.29, 1.82) is 0 Å². The number of hydrogen-bond donors (Lipinski definition) is 1. The topological polar surface area (TPSA) is 47.1 Å². The Labute approximate surface area is 104 Å². The number of aromatic nitrogens is 2. The average molecular weight is 236 g/mol. The third kappa shape index (κ3) is 3.07. The summed E-state index contributed by atoms with van der Waals surface area (Å²) in [6.07, 6.45) is 6.48. The molecule has 0 aromatic carbocycles. The summed E-state index contributed by atoms with van der Waals surface area (Å²) in [7, 11) is 1.93. The van der Waals surface area contributed by atoms with Crippen LogP contribution in [0.3, 0.4) is 0 Å². The van der Waals surface area contributed by atoms with Gasteiger partial charge in [0, 0.05) is 37.4 Å². The van der Waals surface area contributed by atoms with Crippen molar-refractivity contribution < 1.29 is 0 Å². The standard InChI is InChI=1S/C13H24N4/c1-10-4-5-17(11(2)6-10)9-13(14)12-7-15-16(3)8-12/h7-8,10-11,13H,4-6,9,14H2,1-3H3. The van der Waals surface area contributed by atoms with E-state index in [1.807, 2.05) is 24.1 Å². The maximum Gasteiger partial charge on any atom is 0.0537 e. The summed E-state index contributed by atoms with van der Waals surface area (Å²) in [5.41, 5.74) is 7.38. The Morgan fingerprint density at radius 3 is 2.88 bits per heavy atom. The molecule has 0 spiro atoms. The molecule has 1 aliphatic heterocycles. The molecule has 2 heterocycles. The van der Waals surface area contributed by atoms with Crippen LogP contribution in [-0.4, -0.2) is 33.8 Å². The van der Waals surface area contributed by atoms with Gasteiger partial charge in [-0.05, 0) is 32.2 Å². The first-order valence-electron chi connectivity index (χ1n) is 6.54. The van der Waals surface area contributed by atoms with Gasteiger partial charge >= 0.3 is 0 Å². The minimum atomic E-state index is 0.0829. The van der Waals surface area contributed by atoms with Crippen LogP contribution < -0.4 is 5.73 Å². The largest absolute Gasteiger partial charge is 0.323 e. The van der Waals surface area contributed by atoms with Gasteiger partial charge in [-0.15, -0.1) is 0 Å². The van der Waals surface area contributed by atoms with E-state index < -0.39 is 0 Å². The highest BCUT2D eigenvalue weighted by atomic mass is 15.2. The third-order valence-corrected chi connectivity index (χ3v) is 3.86. The smallest absolute Gasteiger partial charge is 0.0537 e. The predicted molar refractivity (Wildman–Crippen MR) is 69.6 cm³/mol. The normalized spacial score (nSPS) is 28.2. The van der Waals surface area contributed by atoms with Gasteiger partial charge in [0.1, 0.15) is 0 Å². The molecule has 0 aliphatic carbocycles. The Bertz CT molecular complexity index is 360. The predicted octanol–water partition coefficient (Wildman–Crippen LogP) is 1.54. The van der Waals surface area contributed by atoms with Gasteiger partial charge < -0.3 is 5.73 Å². The molecule has 1 aromatic rings. The molecule has 2 rings (SSSR count). The van der Waals surface area contributed by atoms with Gasteiger partial charge in [0.05, 0.1) is 6.20 Å². The minimum absolute atomic E-state index is 0.0829. The highest BCUT2D eigenvalue weighted by Gasteiger charge is 2.24. The number of nitrogens with two attached hydrogens (primary N) is 1. The summed E-state index contributed by atoms with van der Waals surface area (Å²) in [6.45, 7) is 6.77. The van der Waals surface area contributed by atoms with Crippen molar-refractivity contribution in [3.8, 4) is 0 Å². The molecule has 17 heavy (non-hydrogen) atoms. The van der Waals surface area contributed by atoms with Crippen molar-refractivity contribution in [1.82, 2.24) is 14.7 Å². The van der Waals surface area contributed by atoms with Crippen LogP contribution >= 0.6 is 0 Å². The van der Waals surface area contributed by atoms with Gasteiger partial charge in [-0.3, -0.25) is 9.58 Å². The molecule has 96 valence electrons. The summed E-state index contributed by atoms with van der Waals surface area (Å²) in [6, 6.07) is 0.737. The zero-order valence-corrected chi connectivity index (χ0v) is 11.1. The van der Waals surface area contributed by atoms with E-state index >= 15 is 0 Å². The molecule has 3 atom stereocenters. The highest BCUT2D eigenvalue weighted by molar-refractivity contribution is 5.10. The van der Waals surface area contributed by atoms with Crippen LogP contribution in [0.2, 0.25) is 0 Å². The molecule has 2 N–H and O–H groups in total. The number of likely N-dealkylation sites (tertiary alicyclic amines) is 1. The van der Waals surface area contributed by atoms with Crippen LogP contribution in [0.15, 0.2) is 12.4 Å². The quantitative estimate of drug-likeness (QED) is 0.866. The highest BCUT2D eigenvalue weighted by Crippen LogP contribution is 2.23. The maximum absolute atomic E-state index is 6.24. The molecule has 0 bridgehead atoms. The van der Waals surface area contributed by atoms with Gasteiger partial charge in [-0.25, -0.2) is 0 Å². The molecular formula is C13H24N4. The van der Waals surface area contributed by atoms with Crippen LogP contribution in [0.4, 0.5) is 0 Å². The second-order valence-electron chi connectivity index (χ2n) is 5.53. The van der Waals surface area contributed by atoms with Crippen molar-refractivity contribution in [2.24, 2.45) is 18.7 Å². The zero-order chi connectivity index (χ0) is 12.4. The van der Waals surface area contributed by atoms with Gasteiger partial charge in [0.15, 0.2) is 0 Å². The Morgan fingerprint density at radius 1 is 1.53 bits per heavy atom. The second-order valence-corrected chi connectivity index (χ2v) is 5.53. The Morgan fingerprint density at radius 2 is 2.29 bits per heavy atom. The maximum atomic E-state index is 6.24. The van der Waals surface area contributed by atoms with Crippen molar-refractivity contribution >= 4 is 0 Å². The fourth-order valence-corrected chi connectivity index (χ4v) is 2.72. The fourth-order valence-electron chi connectivity index (χ4n) is 2.72. The first-order valence-corrected chi connectivity index (χ1v) is 6.54. The summed E-state index contributed by atoms with van der Waals surface area (Å²) in [5, 5.41) is 4.18. The number of aryl methyl sites for hydroxylation is 1. The second kappa shape index (κ2) is 5.19. The molecule has 1 fully saturated rings. The summed E-state index contributed by atoms with van der Waals surface area (Å²) in [4.78, 5) is 2.51. The van der Waals surface area contributed by atoms with Crippen LogP contribution in [0, 0.1) is 5.92 Å². The van der Waals surface area contributed by atoms with Gasteiger partial charge in [0.2, 0.25) is 0 Å². The number of rotatable bonds is 3. The van der Waals surface area contributed by atoms with Crippen LogP contribution in [0.25, 0.3) is 0 Å². The Balaban J connectivity index is 1.92. The number of hydrogen-bond acceptors (Lipinski definition) is 3. The Hall–Kier alpha value is -0.870. The lowest BCUT2D eigenvalue weighted by atomic mass is 9.93. The third-order valence-electron chi connectivity index (χ3n) is 3.86. The van der Waals surface area contributed by atoms with Crippen LogP contribution in [0.5, 0.6) is 0 Å². The van der Waals surface area contributed by atoms with Gasteiger partial charge in [0.25, 0.3) is 0 Å². The molecule has 1 aliphatic rings. The fraction of sp³-hybridized carbons (Fsp3) is 0.769. The van der Waals surface area contributed by atoms with E-state index in [9.17, 15) is 0 Å². The number of piperidine rings is 1. The van der Waals surface area contributed by atoms with E-state index in [1.165, 1.54) is 19.4 Å². The van der Waals surface area contributed by atoms with Gasteiger partial charge in [-0.1, -0.05) is 6.92 Å². The van der Waals surface area contributed by atoms with E-state index in [1.54, 1.807) is 0 Å². The summed E-state index contributed by atoms with van der Waals surface area (Å²) >= 11 is 0. The summed E-state index contributed by atoms with van der Waals surface area (Å²) in [5.74, 6) is 0.857. The van der Waals surface area contributed by atoms with Crippen molar-refractivity contribution in [3.63, 3.8) is 0 Å². The molecule has 0 saturated carbocycles. The van der Waals surface area contributed by atoms with E-state index in [2.05, 4.69) is 23.8 Å². The molecule has 4 nitrogen and oxygen atoms in total. The minimum Gasteiger partial charge on any atom is -0.323 e. The van der Waals surface area contributed by atoms with E-state index in [4.69, 9.17) is 5.73 Å². The monoisotopic (exact) mass is 236 g/mol. The first-order chi connectivity index (χ1) is 8.06. The average Bonchev–Trinajstić information content (AvgIpc) is 2.69. The molecule has 0 amide bonds. The molecule has 4 heteroatoms. The number of nitrogens with zero attached hydrogens (tertiary/aromatic N) is 3. The van der Waals surface area contributed by atoms with E-state index in [0.29, 0.717) is 6.04 Å². The molecule has 0 radical (unpaired) electrons. The van der Waals surface area contributed by atoms with Crippen molar-refractivity contribution in [3.05, 3.63) is 18.0 Å². The Kier molecular flexibility index (Phi) is 3.84. The van der Waals surface area contributed by atoms with Crippen molar-refractivity contribution in [2.45, 2.75) is 38.8 Å². The summed E-state index contributed by atoms with van der Waals surface area (Å²) < 4.78 is 1.82. The van der Waals surface area contributed by atoms with E-state index in [0.717, 1.165) is 18.0 Å². The molecule has 3 unspecified atom stereocenters.